The lowest BCUT2D eigenvalue weighted by Crippen LogP contribution is -2.35. The molecule has 0 fully saturated rings. The van der Waals surface area contributed by atoms with Gasteiger partial charge in [0.1, 0.15) is 5.75 Å². The molecule has 23 heavy (non-hydrogen) atoms. The minimum atomic E-state index is -0.459. The fraction of sp³-hybridized carbons (Fsp3) is 0.294. The Morgan fingerprint density at radius 2 is 1.83 bits per heavy atom. The van der Waals surface area contributed by atoms with Crippen molar-refractivity contribution in [2.45, 2.75) is 32.9 Å². The molecule has 0 aliphatic rings. The number of nitro groups is 1. The lowest BCUT2D eigenvalue weighted by molar-refractivity contribution is -0.384. The zero-order valence-corrected chi connectivity index (χ0v) is 14.0. The Hall–Kier alpha value is -2.11. The number of non-ortho nitro benzene ring substituents is 1. The molecule has 6 heteroatoms. The first-order chi connectivity index (χ1) is 10.7. The molecule has 0 amide bonds. The van der Waals surface area contributed by atoms with E-state index in [2.05, 4.69) is 5.32 Å². The highest BCUT2D eigenvalue weighted by atomic mass is 35.5. The van der Waals surface area contributed by atoms with E-state index in [1.807, 2.05) is 20.8 Å². The predicted octanol–water partition coefficient (Wildman–Crippen LogP) is 4.51. The predicted molar refractivity (Wildman–Crippen MR) is 91.8 cm³/mol. The van der Waals surface area contributed by atoms with Crippen molar-refractivity contribution < 1.29 is 10.0 Å². The number of hydrogen-bond acceptors (Lipinski definition) is 4. The third-order valence-electron chi connectivity index (χ3n) is 3.35. The number of nitrogens with one attached hydrogen (secondary N) is 1. The number of nitro benzene ring substituents is 1. The number of benzene rings is 2. The fourth-order valence-corrected chi connectivity index (χ4v) is 2.25. The summed E-state index contributed by atoms with van der Waals surface area (Å²) in [5.74, 6) is 0.0367. The summed E-state index contributed by atoms with van der Waals surface area (Å²) in [6, 6.07) is 9.58. The van der Waals surface area contributed by atoms with Crippen molar-refractivity contribution in [2.75, 3.05) is 0 Å². The Bertz CT molecular complexity index is 722. The molecule has 0 atom stereocenters. The summed E-state index contributed by atoms with van der Waals surface area (Å²) >= 11 is 5.87. The number of nitrogens with zero attached hydrogens (tertiary/aromatic N) is 1. The first-order valence-electron chi connectivity index (χ1n) is 7.18. The summed E-state index contributed by atoms with van der Waals surface area (Å²) in [4.78, 5) is 10.7. The zero-order valence-electron chi connectivity index (χ0n) is 13.3. The number of aromatic hydroxyl groups is 1. The van der Waals surface area contributed by atoms with Crippen LogP contribution in [0.4, 0.5) is 5.69 Å². The summed E-state index contributed by atoms with van der Waals surface area (Å²) < 4.78 is 0. The highest BCUT2D eigenvalue weighted by Gasteiger charge is 2.19. The van der Waals surface area contributed by atoms with Crippen molar-refractivity contribution in [1.29, 1.82) is 0 Å². The van der Waals surface area contributed by atoms with Gasteiger partial charge in [-0.2, -0.15) is 0 Å². The summed E-state index contributed by atoms with van der Waals surface area (Å²) in [5.41, 5.74) is 1.35. The van der Waals surface area contributed by atoms with E-state index in [9.17, 15) is 15.2 Å². The molecule has 0 aliphatic heterocycles. The van der Waals surface area contributed by atoms with E-state index in [1.54, 1.807) is 24.3 Å². The van der Waals surface area contributed by atoms with E-state index >= 15 is 0 Å². The number of halogens is 1. The maximum Gasteiger partial charge on any atom is 0.270 e. The monoisotopic (exact) mass is 334 g/mol. The van der Waals surface area contributed by atoms with E-state index < -0.39 is 4.92 Å². The molecule has 2 aromatic rings. The van der Waals surface area contributed by atoms with Crippen LogP contribution in [-0.2, 0) is 6.54 Å². The van der Waals surface area contributed by atoms with E-state index in [-0.39, 0.29) is 17.0 Å². The van der Waals surface area contributed by atoms with Gasteiger partial charge in [0.15, 0.2) is 0 Å². The Labute approximate surface area is 140 Å². The van der Waals surface area contributed by atoms with Crippen LogP contribution in [-0.4, -0.2) is 15.6 Å². The number of phenolic OH excluding ortho intramolecular Hbond substituents is 1. The second-order valence-electron chi connectivity index (χ2n) is 6.37. The normalized spacial score (nSPS) is 11.5. The summed E-state index contributed by atoms with van der Waals surface area (Å²) in [5, 5.41) is 25.5. The van der Waals surface area contributed by atoms with Crippen molar-refractivity contribution in [1.82, 2.24) is 5.32 Å². The molecule has 0 saturated heterocycles. The fourth-order valence-electron chi connectivity index (χ4n) is 2.13. The van der Waals surface area contributed by atoms with Crippen LogP contribution in [0.5, 0.6) is 5.75 Å². The Morgan fingerprint density at radius 1 is 1.22 bits per heavy atom. The molecule has 0 radical (unpaired) electrons. The van der Waals surface area contributed by atoms with Crippen LogP contribution in [0.1, 0.15) is 26.3 Å². The lowest BCUT2D eigenvalue weighted by Gasteiger charge is -2.21. The molecule has 0 heterocycles. The summed E-state index contributed by atoms with van der Waals surface area (Å²) in [7, 11) is 0. The van der Waals surface area contributed by atoms with Crippen LogP contribution < -0.4 is 5.32 Å². The molecule has 2 rings (SSSR count). The van der Waals surface area contributed by atoms with E-state index in [0.717, 1.165) is 0 Å². The largest absolute Gasteiger partial charge is 0.507 e. The molecule has 2 N–H and O–H groups in total. The topological polar surface area (TPSA) is 75.4 Å². The minimum Gasteiger partial charge on any atom is -0.507 e. The average molecular weight is 335 g/mol. The third-order valence-corrected chi connectivity index (χ3v) is 3.60. The van der Waals surface area contributed by atoms with E-state index in [1.165, 1.54) is 12.1 Å². The number of phenols is 1. The molecule has 122 valence electrons. The summed E-state index contributed by atoms with van der Waals surface area (Å²) in [6.07, 6.45) is 0. The van der Waals surface area contributed by atoms with Gasteiger partial charge in [-0.3, -0.25) is 10.1 Å². The second kappa shape index (κ2) is 6.56. The highest BCUT2D eigenvalue weighted by Crippen LogP contribution is 2.36. The highest BCUT2D eigenvalue weighted by molar-refractivity contribution is 6.30. The van der Waals surface area contributed by atoms with Gasteiger partial charge in [-0.1, -0.05) is 23.7 Å². The van der Waals surface area contributed by atoms with Crippen LogP contribution in [0.3, 0.4) is 0 Å². The molecule has 0 aromatic heterocycles. The molecular formula is C17H19ClN2O3. The van der Waals surface area contributed by atoms with E-state index in [0.29, 0.717) is 28.3 Å². The van der Waals surface area contributed by atoms with Crippen molar-refractivity contribution >= 4 is 17.3 Å². The number of hydrogen-bond donors (Lipinski definition) is 2. The molecular weight excluding hydrogens is 316 g/mol. The van der Waals surface area contributed by atoms with Gasteiger partial charge in [-0.25, -0.2) is 0 Å². The smallest absolute Gasteiger partial charge is 0.270 e. The van der Waals surface area contributed by atoms with Crippen molar-refractivity contribution in [3.05, 3.63) is 57.1 Å². The molecule has 0 bridgehead atoms. The Balaban J connectivity index is 2.50. The second-order valence-corrected chi connectivity index (χ2v) is 6.81. The van der Waals surface area contributed by atoms with Crippen LogP contribution in [0.25, 0.3) is 11.1 Å². The van der Waals surface area contributed by atoms with Crippen LogP contribution in [0, 0.1) is 10.1 Å². The van der Waals surface area contributed by atoms with Crippen molar-refractivity contribution in [3.63, 3.8) is 0 Å². The third kappa shape index (κ3) is 4.43. The Kier molecular flexibility index (Phi) is 4.92. The standard InChI is InChI=1S/C17H19ClN2O3/c1-17(2,3)19-10-12-8-14(20(22)23)9-15(16(12)21)11-4-6-13(18)7-5-11/h4-9,19,21H,10H2,1-3H3. The van der Waals surface area contributed by atoms with Crippen molar-refractivity contribution in [2.24, 2.45) is 0 Å². The SMILES string of the molecule is CC(C)(C)NCc1cc([N+](=O)[O-])cc(-c2ccc(Cl)cc2)c1O. The Morgan fingerprint density at radius 3 is 2.35 bits per heavy atom. The number of rotatable bonds is 4. The maximum atomic E-state index is 11.2. The van der Waals surface area contributed by atoms with Crippen LogP contribution in [0.2, 0.25) is 5.02 Å². The quantitative estimate of drug-likeness (QED) is 0.637. The maximum absolute atomic E-state index is 11.2. The van der Waals surface area contributed by atoms with Crippen LogP contribution in [0.15, 0.2) is 36.4 Å². The van der Waals surface area contributed by atoms with Gasteiger partial charge >= 0.3 is 0 Å². The zero-order chi connectivity index (χ0) is 17.2. The minimum absolute atomic E-state index is 0.0367. The first kappa shape index (κ1) is 17.2. The van der Waals surface area contributed by atoms with Gasteiger partial charge in [-0.05, 0) is 38.5 Å². The first-order valence-corrected chi connectivity index (χ1v) is 7.56. The molecule has 2 aromatic carbocycles. The lowest BCUT2D eigenvalue weighted by atomic mass is 9.99. The van der Waals surface area contributed by atoms with Gasteiger partial charge in [0.25, 0.3) is 5.69 Å². The van der Waals surface area contributed by atoms with E-state index in [4.69, 9.17) is 11.6 Å². The summed E-state index contributed by atoms with van der Waals surface area (Å²) in [6.45, 7) is 6.29. The molecule has 0 spiro atoms. The van der Waals surface area contributed by atoms with Gasteiger partial charge in [0, 0.05) is 40.4 Å². The van der Waals surface area contributed by atoms with Crippen LogP contribution >= 0.6 is 11.6 Å². The molecule has 0 unspecified atom stereocenters. The molecule has 0 aliphatic carbocycles. The average Bonchev–Trinajstić information content (AvgIpc) is 2.46. The molecule has 0 saturated carbocycles. The van der Waals surface area contributed by atoms with Crippen molar-refractivity contribution in [3.8, 4) is 16.9 Å². The molecule has 5 nitrogen and oxygen atoms in total. The van der Waals surface area contributed by atoms with Gasteiger partial charge in [0.05, 0.1) is 4.92 Å². The van der Waals surface area contributed by atoms with Gasteiger partial charge in [-0.15, -0.1) is 0 Å². The van der Waals surface area contributed by atoms with Gasteiger partial charge in [0.2, 0.25) is 0 Å². The van der Waals surface area contributed by atoms with Gasteiger partial charge < -0.3 is 10.4 Å².